The first-order chi connectivity index (χ1) is 11.6. The minimum absolute atomic E-state index is 0.0709. The van der Waals surface area contributed by atoms with Crippen molar-refractivity contribution < 1.29 is 4.79 Å². The summed E-state index contributed by atoms with van der Waals surface area (Å²) in [4.78, 5) is 20.8. The number of benzene rings is 1. The fourth-order valence-corrected chi connectivity index (χ4v) is 3.24. The van der Waals surface area contributed by atoms with Gasteiger partial charge in [-0.05, 0) is 56.6 Å². The van der Waals surface area contributed by atoms with Crippen LogP contribution in [0.2, 0.25) is 0 Å². The fraction of sp³-hybridized carbons (Fsp3) is 0.400. The van der Waals surface area contributed by atoms with E-state index in [0.717, 1.165) is 11.3 Å². The van der Waals surface area contributed by atoms with Crippen LogP contribution in [0.5, 0.6) is 0 Å². The van der Waals surface area contributed by atoms with Gasteiger partial charge in [0.1, 0.15) is 5.69 Å². The normalized spacial score (nSPS) is 16.1. The Balaban J connectivity index is 1.88. The molecule has 0 saturated carbocycles. The van der Waals surface area contributed by atoms with Gasteiger partial charge in [0.05, 0.1) is 5.69 Å². The molecule has 2 aromatic rings. The largest absolute Gasteiger partial charge is 0.343 e. The number of likely N-dealkylation sites (tertiary alicyclic amines) is 1. The third-order valence-electron chi connectivity index (χ3n) is 4.73. The van der Waals surface area contributed by atoms with Crippen molar-refractivity contribution in [1.29, 1.82) is 0 Å². The predicted molar refractivity (Wildman–Crippen MR) is 96.9 cm³/mol. The average molecular weight is 323 g/mol. The second kappa shape index (κ2) is 7.14. The molecule has 0 N–H and O–H groups in total. The van der Waals surface area contributed by atoms with Crippen LogP contribution >= 0.6 is 0 Å². The first-order valence-corrected chi connectivity index (χ1v) is 8.59. The summed E-state index contributed by atoms with van der Waals surface area (Å²) >= 11 is 0. The van der Waals surface area contributed by atoms with E-state index in [1.54, 1.807) is 25.1 Å². The molecule has 1 unspecified atom stereocenters. The lowest BCUT2D eigenvalue weighted by Gasteiger charge is -2.24. The Hall–Kier alpha value is -2.20. The number of pyridine rings is 1. The summed E-state index contributed by atoms with van der Waals surface area (Å²) in [6, 6.07) is 14.6. The number of carbonyl (C=O) groups excluding carboxylic acids is 1. The van der Waals surface area contributed by atoms with E-state index in [9.17, 15) is 4.79 Å². The van der Waals surface area contributed by atoms with Gasteiger partial charge in [-0.1, -0.05) is 24.3 Å². The SMILES string of the molecule is CC(c1cccc(-c2cccc(C(=O)N(C)C)n2)c1)N1CCCC1. The van der Waals surface area contributed by atoms with Crippen molar-refractivity contribution in [3.05, 3.63) is 53.7 Å². The van der Waals surface area contributed by atoms with Gasteiger partial charge in [0, 0.05) is 25.7 Å². The molecule has 3 rings (SSSR count). The summed E-state index contributed by atoms with van der Waals surface area (Å²) in [5, 5.41) is 0. The van der Waals surface area contributed by atoms with Gasteiger partial charge < -0.3 is 4.90 Å². The quantitative estimate of drug-likeness (QED) is 0.862. The summed E-state index contributed by atoms with van der Waals surface area (Å²) < 4.78 is 0. The lowest BCUT2D eigenvalue weighted by atomic mass is 10.0. The van der Waals surface area contributed by atoms with E-state index >= 15 is 0 Å². The maximum atomic E-state index is 12.1. The van der Waals surface area contributed by atoms with Crippen LogP contribution in [0, 0.1) is 0 Å². The molecular weight excluding hydrogens is 298 g/mol. The number of amides is 1. The van der Waals surface area contributed by atoms with Crippen molar-refractivity contribution in [3.8, 4) is 11.3 Å². The number of aromatic nitrogens is 1. The highest BCUT2D eigenvalue weighted by molar-refractivity contribution is 5.92. The second-order valence-electron chi connectivity index (χ2n) is 6.65. The van der Waals surface area contributed by atoms with Crippen LogP contribution in [0.25, 0.3) is 11.3 Å². The van der Waals surface area contributed by atoms with Crippen molar-refractivity contribution >= 4 is 5.91 Å². The van der Waals surface area contributed by atoms with Gasteiger partial charge in [-0.25, -0.2) is 4.98 Å². The van der Waals surface area contributed by atoms with Crippen molar-refractivity contribution in [2.24, 2.45) is 0 Å². The van der Waals surface area contributed by atoms with E-state index < -0.39 is 0 Å². The Morgan fingerprint density at radius 1 is 1.12 bits per heavy atom. The minimum atomic E-state index is -0.0709. The zero-order valence-corrected chi connectivity index (χ0v) is 14.7. The monoisotopic (exact) mass is 323 g/mol. The molecule has 1 amide bonds. The van der Waals surface area contributed by atoms with Gasteiger partial charge in [0.25, 0.3) is 5.91 Å². The van der Waals surface area contributed by atoms with E-state index in [2.05, 4.69) is 41.1 Å². The number of hydrogen-bond acceptors (Lipinski definition) is 3. The molecule has 1 aromatic heterocycles. The van der Waals surface area contributed by atoms with Crippen LogP contribution in [0.4, 0.5) is 0 Å². The molecule has 1 atom stereocenters. The summed E-state index contributed by atoms with van der Waals surface area (Å²) in [7, 11) is 3.49. The molecule has 4 nitrogen and oxygen atoms in total. The third kappa shape index (κ3) is 3.49. The summed E-state index contributed by atoms with van der Waals surface area (Å²) in [6.45, 7) is 4.62. The Labute approximate surface area is 144 Å². The first kappa shape index (κ1) is 16.7. The van der Waals surface area contributed by atoms with Gasteiger partial charge >= 0.3 is 0 Å². The van der Waals surface area contributed by atoms with Crippen molar-refractivity contribution in [1.82, 2.24) is 14.8 Å². The van der Waals surface area contributed by atoms with E-state index in [4.69, 9.17) is 0 Å². The molecule has 0 bridgehead atoms. The maximum Gasteiger partial charge on any atom is 0.271 e. The molecule has 1 aliphatic rings. The van der Waals surface area contributed by atoms with Crippen LogP contribution in [-0.2, 0) is 0 Å². The molecule has 0 radical (unpaired) electrons. The van der Waals surface area contributed by atoms with Crippen LogP contribution in [-0.4, -0.2) is 47.9 Å². The molecule has 24 heavy (non-hydrogen) atoms. The highest BCUT2D eigenvalue weighted by Gasteiger charge is 2.19. The van der Waals surface area contributed by atoms with Gasteiger partial charge in [-0.15, -0.1) is 0 Å². The zero-order chi connectivity index (χ0) is 17.1. The molecule has 4 heteroatoms. The topological polar surface area (TPSA) is 36.4 Å². The molecule has 1 aliphatic heterocycles. The number of hydrogen-bond donors (Lipinski definition) is 0. The lowest BCUT2D eigenvalue weighted by molar-refractivity contribution is 0.0822. The molecule has 0 spiro atoms. The summed E-state index contributed by atoms with van der Waals surface area (Å²) in [6.07, 6.45) is 2.58. The Kier molecular flexibility index (Phi) is 4.95. The van der Waals surface area contributed by atoms with Crippen LogP contribution in [0.3, 0.4) is 0 Å². The predicted octanol–water partition coefficient (Wildman–Crippen LogP) is 3.61. The molecule has 2 heterocycles. The molecular formula is C20H25N3O. The summed E-state index contributed by atoms with van der Waals surface area (Å²) in [5.41, 5.74) is 3.70. The van der Waals surface area contributed by atoms with Crippen LogP contribution in [0.1, 0.15) is 41.9 Å². The van der Waals surface area contributed by atoms with Gasteiger partial charge in [-0.3, -0.25) is 9.69 Å². The number of carbonyl (C=O) groups is 1. The highest BCUT2D eigenvalue weighted by atomic mass is 16.2. The van der Waals surface area contributed by atoms with Crippen LogP contribution < -0.4 is 0 Å². The van der Waals surface area contributed by atoms with E-state index in [0.29, 0.717) is 11.7 Å². The molecule has 1 fully saturated rings. The standard InChI is InChI=1S/C20H25N3O/c1-15(23-12-4-5-13-23)16-8-6-9-17(14-16)18-10-7-11-19(21-18)20(24)22(2)3/h6-11,14-15H,4-5,12-13H2,1-3H3. The Bertz CT molecular complexity index is 720. The number of nitrogens with zero attached hydrogens (tertiary/aromatic N) is 3. The zero-order valence-electron chi connectivity index (χ0n) is 14.7. The van der Waals surface area contributed by atoms with E-state index in [-0.39, 0.29) is 5.91 Å². The Morgan fingerprint density at radius 3 is 2.54 bits per heavy atom. The molecule has 1 aromatic carbocycles. The minimum Gasteiger partial charge on any atom is -0.343 e. The van der Waals surface area contributed by atoms with Gasteiger partial charge in [0.2, 0.25) is 0 Å². The number of rotatable bonds is 4. The van der Waals surface area contributed by atoms with Gasteiger partial charge in [-0.2, -0.15) is 0 Å². The fourth-order valence-electron chi connectivity index (χ4n) is 3.24. The van der Waals surface area contributed by atoms with Crippen molar-refractivity contribution in [2.75, 3.05) is 27.2 Å². The lowest BCUT2D eigenvalue weighted by Crippen LogP contribution is -2.23. The van der Waals surface area contributed by atoms with E-state index in [1.165, 1.54) is 31.5 Å². The van der Waals surface area contributed by atoms with E-state index in [1.807, 2.05) is 12.1 Å². The molecule has 0 aliphatic carbocycles. The Morgan fingerprint density at radius 2 is 1.83 bits per heavy atom. The smallest absolute Gasteiger partial charge is 0.271 e. The van der Waals surface area contributed by atoms with Crippen molar-refractivity contribution in [3.63, 3.8) is 0 Å². The third-order valence-corrected chi connectivity index (χ3v) is 4.73. The van der Waals surface area contributed by atoms with Crippen molar-refractivity contribution in [2.45, 2.75) is 25.8 Å². The highest BCUT2D eigenvalue weighted by Crippen LogP contribution is 2.27. The maximum absolute atomic E-state index is 12.1. The van der Waals surface area contributed by atoms with Gasteiger partial charge in [0.15, 0.2) is 0 Å². The van der Waals surface area contributed by atoms with Crippen LogP contribution in [0.15, 0.2) is 42.5 Å². The average Bonchev–Trinajstić information content (AvgIpc) is 3.15. The molecule has 1 saturated heterocycles. The summed E-state index contributed by atoms with van der Waals surface area (Å²) in [5.74, 6) is -0.0709. The molecule has 126 valence electrons. The second-order valence-corrected chi connectivity index (χ2v) is 6.65. The first-order valence-electron chi connectivity index (χ1n) is 8.59.